The molecule has 1 aliphatic rings. The van der Waals surface area contributed by atoms with Gasteiger partial charge in [0.15, 0.2) is 0 Å². The zero-order valence-corrected chi connectivity index (χ0v) is 13.3. The number of likely N-dealkylation sites (N-methyl/N-ethyl adjacent to an activating group) is 1. The molecule has 0 spiro atoms. The summed E-state index contributed by atoms with van der Waals surface area (Å²) in [5.41, 5.74) is 2.18. The van der Waals surface area contributed by atoms with E-state index in [2.05, 4.69) is 29.1 Å². The number of rotatable bonds is 5. The highest BCUT2D eigenvalue weighted by Gasteiger charge is 2.17. The molecule has 2 aromatic rings. The fourth-order valence-corrected chi connectivity index (χ4v) is 2.72. The van der Waals surface area contributed by atoms with Gasteiger partial charge in [0.05, 0.1) is 12.6 Å². The first kappa shape index (κ1) is 15.2. The molecule has 1 unspecified atom stereocenters. The molecule has 0 N–H and O–H groups in total. The number of hydrogen-bond acceptors (Lipinski definition) is 5. The van der Waals surface area contributed by atoms with Crippen molar-refractivity contribution in [3.8, 4) is 11.5 Å². The second-order valence-electron chi connectivity index (χ2n) is 6.05. The normalized spacial score (nSPS) is 18.8. The molecule has 5 heteroatoms. The van der Waals surface area contributed by atoms with Crippen LogP contribution < -0.4 is 0 Å². The van der Waals surface area contributed by atoms with Gasteiger partial charge in [-0.3, -0.25) is 4.90 Å². The van der Waals surface area contributed by atoms with E-state index in [1.165, 1.54) is 18.4 Å². The summed E-state index contributed by atoms with van der Waals surface area (Å²) in [6.45, 7) is 4.50. The summed E-state index contributed by atoms with van der Waals surface area (Å²) in [7, 11) is 2.06. The van der Waals surface area contributed by atoms with Gasteiger partial charge in [0.1, 0.15) is 0 Å². The van der Waals surface area contributed by atoms with E-state index in [4.69, 9.17) is 9.15 Å². The summed E-state index contributed by atoms with van der Waals surface area (Å²) in [5, 5.41) is 8.29. The third-order valence-electron chi connectivity index (χ3n) is 3.96. The lowest BCUT2D eigenvalue weighted by Gasteiger charge is -2.26. The predicted molar refractivity (Wildman–Crippen MR) is 84.4 cm³/mol. The van der Waals surface area contributed by atoms with Crippen molar-refractivity contribution in [2.24, 2.45) is 0 Å². The van der Waals surface area contributed by atoms with E-state index < -0.39 is 0 Å². The predicted octanol–water partition coefficient (Wildman–Crippen LogP) is 3.05. The maximum absolute atomic E-state index is 5.76. The van der Waals surface area contributed by atoms with Crippen LogP contribution in [0.15, 0.2) is 28.7 Å². The van der Waals surface area contributed by atoms with Crippen molar-refractivity contribution in [2.45, 2.75) is 38.8 Å². The molecular formula is C17H23N3O2. The molecule has 1 saturated heterocycles. The average molecular weight is 301 g/mol. The number of nitrogens with zero attached hydrogens (tertiary/aromatic N) is 3. The number of aryl methyl sites for hydroxylation is 1. The van der Waals surface area contributed by atoms with Crippen molar-refractivity contribution in [3.63, 3.8) is 0 Å². The molecule has 118 valence electrons. The van der Waals surface area contributed by atoms with Gasteiger partial charge in [-0.1, -0.05) is 17.7 Å². The lowest BCUT2D eigenvalue weighted by molar-refractivity contribution is -0.00358. The van der Waals surface area contributed by atoms with Crippen LogP contribution in [0.25, 0.3) is 11.5 Å². The van der Waals surface area contributed by atoms with Crippen molar-refractivity contribution in [1.82, 2.24) is 15.1 Å². The van der Waals surface area contributed by atoms with Gasteiger partial charge in [0.25, 0.3) is 0 Å². The van der Waals surface area contributed by atoms with Gasteiger partial charge in [0, 0.05) is 18.7 Å². The van der Waals surface area contributed by atoms with Crippen molar-refractivity contribution >= 4 is 0 Å². The fraction of sp³-hybridized carbons (Fsp3) is 0.529. The Hall–Kier alpha value is -1.72. The van der Waals surface area contributed by atoms with E-state index in [0.717, 1.165) is 25.1 Å². The van der Waals surface area contributed by atoms with Crippen LogP contribution in [-0.2, 0) is 11.3 Å². The van der Waals surface area contributed by atoms with E-state index >= 15 is 0 Å². The minimum Gasteiger partial charge on any atom is -0.419 e. The van der Waals surface area contributed by atoms with Gasteiger partial charge in [-0.2, -0.15) is 0 Å². The highest BCUT2D eigenvalue weighted by atomic mass is 16.5. The standard InChI is InChI=1S/C17H23N3O2/c1-13-6-8-14(9-7-13)17-19-18-16(22-17)12-20(2)11-15-5-3-4-10-21-15/h6-9,15H,3-5,10-12H2,1-2H3. The summed E-state index contributed by atoms with van der Waals surface area (Å²) in [4.78, 5) is 2.18. The molecule has 1 atom stereocenters. The molecule has 0 bridgehead atoms. The number of ether oxygens (including phenoxy) is 1. The molecule has 1 aromatic carbocycles. The van der Waals surface area contributed by atoms with Crippen LogP contribution in [0.5, 0.6) is 0 Å². The van der Waals surface area contributed by atoms with Crippen LogP contribution in [0.4, 0.5) is 0 Å². The lowest BCUT2D eigenvalue weighted by atomic mass is 10.1. The van der Waals surface area contributed by atoms with Crippen LogP contribution in [-0.4, -0.2) is 41.4 Å². The lowest BCUT2D eigenvalue weighted by Crippen LogP contribution is -2.33. The van der Waals surface area contributed by atoms with Gasteiger partial charge in [-0.25, -0.2) is 0 Å². The number of benzene rings is 1. The first-order chi connectivity index (χ1) is 10.7. The van der Waals surface area contributed by atoms with E-state index in [1.54, 1.807) is 0 Å². The van der Waals surface area contributed by atoms with Gasteiger partial charge < -0.3 is 9.15 Å². The Kier molecular flexibility index (Phi) is 4.85. The molecule has 0 amide bonds. The highest BCUT2D eigenvalue weighted by Crippen LogP contribution is 2.19. The second-order valence-corrected chi connectivity index (χ2v) is 6.05. The quantitative estimate of drug-likeness (QED) is 0.849. The maximum Gasteiger partial charge on any atom is 0.247 e. The Labute approximate surface area is 131 Å². The maximum atomic E-state index is 5.76. The van der Waals surface area contributed by atoms with Crippen LogP contribution in [0, 0.1) is 6.92 Å². The van der Waals surface area contributed by atoms with E-state index in [9.17, 15) is 0 Å². The van der Waals surface area contributed by atoms with E-state index in [1.807, 2.05) is 24.3 Å². The molecule has 22 heavy (non-hydrogen) atoms. The van der Waals surface area contributed by atoms with Gasteiger partial charge >= 0.3 is 0 Å². The summed E-state index contributed by atoms with van der Waals surface area (Å²) in [5.74, 6) is 1.23. The highest BCUT2D eigenvalue weighted by molar-refractivity contribution is 5.52. The molecule has 0 radical (unpaired) electrons. The van der Waals surface area contributed by atoms with Crippen molar-refractivity contribution in [2.75, 3.05) is 20.2 Å². The van der Waals surface area contributed by atoms with Crippen molar-refractivity contribution in [1.29, 1.82) is 0 Å². The summed E-state index contributed by atoms with van der Waals surface area (Å²) in [6.07, 6.45) is 3.92. The molecular weight excluding hydrogens is 278 g/mol. The topological polar surface area (TPSA) is 51.4 Å². The van der Waals surface area contributed by atoms with E-state index in [-0.39, 0.29) is 0 Å². The monoisotopic (exact) mass is 301 g/mol. The Morgan fingerprint density at radius 1 is 1.18 bits per heavy atom. The molecule has 3 rings (SSSR count). The Morgan fingerprint density at radius 3 is 2.73 bits per heavy atom. The smallest absolute Gasteiger partial charge is 0.247 e. The zero-order valence-electron chi connectivity index (χ0n) is 13.3. The molecule has 0 saturated carbocycles. The second kappa shape index (κ2) is 7.03. The van der Waals surface area contributed by atoms with Gasteiger partial charge in [-0.05, 0) is 45.4 Å². The molecule has 0 aliphatic carbocycles. The summed E-state index contributed by atoms with van der Waals surface area (Å²) in [6, 6.07) is 8.11. The third kappa shape index (κ3) is 3.93. The third-order valence-corrected chi connectivity index (χ3v) is 3.96. The molecule has 2 heterocycles. The van der Waals surface area contributed by atoms with Crippen LogP contribution in [0.3, 0.4) is 0 Å². The first-order valence-corrected chi connectivity index (χ1v) is 7.90. The zero-order chi connectivity index (χ0) is 15.4. The summed E-state index contributed by atoms with van der Waals surface area (Å²) < 4.78 is 11.5. The van der Waals surface area contributed by atoms with Crippen molar-refractivity contribution in [3.05, 3.63) is 35.7 Å². The minimum absolute atomic E-state index is 0.332. The number of hydrogen-bond donors (Lipinski definition) is 0. The van der Waals surface area contributed by atoms with Crippen molar-refractivity contribution < 1.29 is 9.15 Å². The van der Waals surface area contributed by atoms with Crippen LogP contribution >= 0.6 is 0 Å². The van der Waals surface area contributed by atoms with Crippen LogP contribution in [0.1, 0.15) is 30.7 Å². The van der Waals surface area contributed by atoms with Gasteiger partial charge in [0.2, 0.25) is 11.8 Å². The van der Waals surface area contributed by atoms with Crippen LogP contribution in [0.2, 0.25) is 0 Å². The largest absolute Gasteiger partial charge is 0.419 e. The number of aromatic nitrogens is 2. The molecule has 1 aliphatic heterocycles. The average Bonchev–Trinajstić information content (AvgIpc) is 2.97. The fourth-order valence-electron chi connectivity index (χ4n) is 2.72. The summed E-state index contributed by atoms with van der Waals surface area (Å²) >= 11 is 0. The molecule has 1 aromatic heterocycles. The first-order valence-electron chi connectivity index (χ1n) is 7.90. The van der Waals surface area contributed by atoms with E-state index in [0.29, 0.717) is 24.4 Å². The Bertz CT molecular complexity index is 588. The Balaban J connectivity index is 1.57. The SMILES string of the molecule is Cc1ccc(-c2nnc(CN(C)CC3CCCCO3)o2)cc1. The minimum atomic E-state index is 0.332. The molecule has 1 fully saturated rings. The Morgan fingerprint density at radius 2 is 2.00 bits per heavy atom. The molecule has 5 nitrogen and oxygen atoms in total. The van der Waals surface area contributed by atoms with Gasteiger partial charge in [-0.15, -0.1) is 10.2 Å².